The number of likely N-dealkylation sites (N-methyl/N-ethyl adjacent to an activating group) is 1. The first-order valence-electron chi connectivity index (χ1n) is 15.3. The van der Waals surface area contributed by atoms with Crippen LogP contribution in [0.15, 0.2) is 47.2 Å². The van der Waals surface area contributed by atoms with Crippen molar-refractivity contribution in [3.05, 3.63) is 69.5 Å². The number of phenols is 1. The molecule has 1 unspecified atom stereocenters. The van der Waals surface area contributed by atoms with Gasteiger partial charge in [0.1, 0.15) is 28.9 Å². The number of rotatable bonds is 6. The summed E-state index contributed by atoms with van der Waals surface area (Å²) in [5.41, 5.74) is 4.82. The lowest BCUT2D eigenvalue weighted by molar-refractivity contribution is -0.153. The number of benzene rings is 2. The molecular weight excluding hydrogens is 594 g/mol. The van der Waals surface area contributed by atoms with Crippen molar-refractivity contribution >= 4 is 29.1 Å². The number of ketones is 2. The number of fused-ring (bicyclic) bond motifs is 3. The van der Waals surface area contributed by atoms with Gasteiger partial charge in [-0.05, 0) is 75.4 Å². The van der Waals surface area contributed by atoms with Gasteiger partial charge in [-0.1, -0.05) is 29.8 Å². The molecule has 1 saturated heterocycles. The van der Waals surface area contributed by atoms with Crippen molar-refractivity contribution in [3.63, 3.8) is 0 Å². The Bertz CT molecular complexity index is 1740. The molecule has 242 valence electrons. The lowest BCUT2D eigenvalue weighted by atomic mass is 9.57. The minimum atomic E-state index is -2.73. The second-order valence-electron chi connectivity index (χ2n) is 12.8. The van der Waals surface area contributed by atoms with Crippen LogP contribution in [-0.4, -0.2) is 87.2 Å². The molecule has 2 aromatic carbocycles. The number of amides is 2. The monoisotopic (exact) mass is 631 g/mol. The van der Waals surface area contributed by atoms with Gasteiger partial charge in [0, 0.05) is 30.2 Å². The van der Waals surface area contributed by atoms with Crippen LogP contribution in [0.3, 0.4) is 0 Å². The van der Waals surface area contributed by atoms with Crippen LogP contribution in [-0.2, 0) is 36.9 Å². The van der Waals surface area contributed by atoms with E-state index in [1.54, 1.807) is 20.2 Å². The number of Topliss-reactive ketones (excluding diaryl/α,β-unsaturated/α-hetero) is 2. The van der Waals surface area contributed by atoms with Crippen LogP contribution in [0.4, 0.5) is 0 Å². The topological polar surface area (TPSA) is 200 Å². The first kappa shape index (κ1) is 31.5. The number of aromatic hydroxyl groups is 1. The Hall–Kier alpha value is -4.52. The Kier molecular flexibility index (Phi) is 7.78. The lowest BCUT2D eigenvalue weighted by Crippen LogP contribution is -2.65. The molecule has 0 bridgehead atoms. The minimum absolute atomic E-state index is 0.0148. The van der Waals surface area contributed by atoms with Crippen LogP contribution in [0.2, 0.25) is 0 Å². The maximum atomic E-state index is 14.2. The van der Waals surface area contributed by atoms with Crippen LogP contribution in [0, 0.1) is 18.8 Å². The number of aryl methyl sites for hydroxylation is 1. The molecule has 46 heavy (non-hydrogen) atoms. The van der Waals surface area contributed by atoms with Crippen molar-refractivity contribution in [2.75, 3.05) is 20.7 Å². The van der Waals surface area contributed by atoms with E-state index in [2.05, 4.69) is 5.32 Å². The number of phenolic OH excluding ortho intramolecular Hbond substituents is 1. The third kappa shape index (κ3) is 4.70. The molecule has 12 heteroatoms. The van der Waals surface area contributed by atoms with Gasteiger partial charge in [0.15, 0.2) is 11.4 Å². The number of ether oxygens (including phenoxy) is 1. The minimum Gasteiger partial charge on any atom is -0.508 e. The zero-order valence-electron chi connectivity index (χ0n) is 25.8. The fraction of sp³-hybridized carbons (Fsp3) is 0.412. The predicted octanol–water partition coefficient (Wildman–Crippen LogP) is 1.73. The standard InChI is InChI=1S/C34H37N3O9/c1-15-6-8-16(9-7-15)19-12-18(14-36-33(44)22-5-4-10-46-22)27(38)24-20(19)11-17-13-21-26(37(2)3)29(40)25(32(35)43)31(42)34(21,45)30(41)23(17)28(24)39/h6-9,12,17,21-22,26,38-39,42,45H,4-5,10-11,13-14H2,1-3H3,(H2,35,43)(H,36,44)/t17-,21-,22?,26-,34-/m1/s1. The average Bonchev–Trinajstić information content (AvgIpc) is 3.54. The zero-order valence-corrected chi connectivity index (χ0v) is 25.8. The molecule has 1 heterocycles. The highest BCUT2D eigenvalue weighted by Gasteiger charge is 2.64. The number of aliphatic hydroxyl groups is 3. The molecule has 0 radical (unpaired) electrons. The van der Waals surface area contributed by atoms with Gasteiger partial charge >= 0.3 is 0 Å². The Morgan fingerprint density at radius 2 is 1.83 bits per heavy atom. The molecule has 0 spiro atoms. The first-order chi connectivity index (χ1) is 21.8. The summed E-state index contributed by atoms with van der Waals surface area (Å²) in [6.07, 6.45) is 0.877. The van der Waals surface area contributed by atoms with Crippen LogP contribution >= 0.6 is 0 Å². The van der Waals surface area contributed by atoms with Gasteiger partial charge < -0.3 is 36.2 Å². The van der Waals surface area contributed by atoms with E-state index in [0.717, 1.165) is 17.5 Å². The van der Waals surface area contributed by atoms with Gasteiger partial charge in [-0.25, -0.2) is 0 Å². The summed E-state index contributed by atoms with van der Waals surface area (Å²) >= 11 is 0. The van der Waals surface area contributed by atoms with Crippen LogP contribution in [0.25, 0.3) is 16.9 Å². The maximum Gasteiger partial charge on any atom is 0.255 e. The number of aliphatic hydroxyl groups excluding tert-OH is 2. The fourth-order valence-corrected chi connectivity index (χ4v) is 7.57. The van der Waals surface area contributed by atoms with Gasteiger partial charge in [-0.15, -0.1) is 0 Å². The highest BCUT2D eigenvalue weighted by molar-refractivity contribution is 6.24. The molecular formula is C34H37N3O9. The molecule has 3 aliphatic carbocycles. The second kappa shape index (κ2) is 11.4. The Morgan fingerprint density at radius 3 is 2.43 bits per heavy atom. The SMILES string of the molecule is Cc1ccc(-c2cc(CNC(=O)C3CCCO3)c(O)c3c2C[C@@H]2C[C@@H]4[C@@H](N(C)C)C(=O)C(C(N)=O)=C(O)[C@]4(O)C(=O)C2=C3O)cc1. The number of hydrogen-bond donors (Lipinski definition) is 6. The van der Waals surface area contributed by atoms with Crippen molar-refractivity contribution in [3.8, 4) is 16.9 Å². The molecule has 12 nitrogen and oxygen atoms in total. The normalized spacial score (nSPS) is 27.4. The second-order valence-corrected chi connectivity index (χ2v) is 12.8. The highest BCUT2D eigenvalue weighted by Crippen LogP contribution is 2.54. The van der Waals surface area contributed by atoms with E-state index in [4.69, 9.17) is 10.5 Å². The van der Waals surface area contributed by atoms with Crippen molar-refractivity contribution in [2.24, 2.45) is 17.6 Å². The Labute approximate surface area is 265 Å². The van der Waals surface area contributed by atoms with Gasteiger partial charge in [0.2, 0.25) is 11.7 Å². The molecule has 4 aliphatic rings. The summed E-state index contributed by atoms with van der Waals surface area (Å²) in [5.74, 6) is -7.48. The number of nitrogens with zero attached hydrogens (tertiary/aromatic N) is 1. The summed E-state index contributed by atoms with van der Waals surface area (Å²) in [5, 5.41) is 49.2. The number of nitrogens with two attached hydrogens (primary N) is 1. The smallest absolute Gasteiger partial charge is 0.255 e. The van der Waals surface area contributed by atoms with E-state index in [1.165, 1.54) is 4.90 Å². The number of hydrogen-bond acceptors (Lipinski definition) is 10. The Balaban J connectivity index is 1.52. The summed E-state index contributed by atoms with van der Waals surface area (Å²) in [6, 6.07) is 8.21. The molecule has 0 aromatic heterocycles. The summed E-state index contributed by atoms with van der Waals surface area (Å²) < 4.78 is 5.47. The molecule has 5 atom stereocenters. The molecule has 1 aliphatic heterocycles. The van der Waals surface area contributed by atoms with E-state index in [9.17, 15) is 39.6 Å². The molecule has 7 N–H and O–H groups in total. The molecule has 2 fully saturated rings. The van der Waals surface area contributed by atoms with Gasteiger partial charge in [-0.2, -0.15) is 0 Å². The third-order valence-corrected chi connectivity index (χ3v) is 9.84. The average molecular weight is 632 g/mol. The predicted molar refractivity (Wildman–Crippen MR) is 165 cm³/mol. The van der Waals surface area contributed by atoms with E-state index >= 15 is 0 Å². The van der Waals surface area contributed by atoms with Crippen molar-refractivity contribution in [1.29, 1.82) is 0 Å². The Morgan fingerprint density at radius 1 is 1.13 bits per heavy atom. The largest absolute Gasteiger partial charge is 0.508 e. The summed E-state index contributed by atoms with van der Waals surface area (Å²) in [7, 11) is 3.11. The number of primary amides is 1. The van der Waals surface area contributed by atoms with E-state index < -0.39 is 64.1 Å². The molecule has 2 amide bonds. The maximum absolute atomic E-state index is 14.2. The first-order valence-corrected chi connectivity index (χ1v) is 15.3. The number of nitrogens with one attached hydrogen (secondary N) is 1. The molecule has 1 saturated carbocycles. The molecule has 6 rings (SSSR count). The molecule has 2 aromatic rings. The van der Waals surface area contributed by atoms with Crippen LogP contribution in [0.1, 0.15) is 41.5 Å². The van der Waals surface area contributed by atoms with Gasteiger partial charge in [0.25, 0.3) is 5.91 Å². The lowest BCUT2D eigenvalue weighted by Gasteiger charge is -2.50. The fourth-order valence-electron chi connectivity index (χ4n) is 7.57. The van der Waals surface area contributed by atoms with Crippen molar-refractivity contribution < 1.29 is 44.3 Å². The summed E-state index contributed by atoms with van der Waals surface area (Å²) in [4.78, 5) is 54.1. The van der Waals surface area contributed by atoms with E-state index in [0.29, 0.717) is 24.2 Å². The number of carbonyl (C=O) groups is 4. The van der Waals surface area contributed by atoms with Crippen LogP contribution < -0.4 is 11.1 Å². The highest BCUT2D eigenvalue weighted by atomic mass is 16.5. The zero-order chi connectivity index (χ0) is 33.2. The van der Waals surface area contributed by atoms with Gasteiger partial charge in [0.05, 0.1) is 11.6 Å². The van der Waals surface area contributed by atoms with Crippen molar-refractivity contribution in [1.82, 2.24) is 10.2 Å². The van der Waals surface area contributed by atoms with Crippen molar-refractivity contribution in [2.45, 2.75) is 56.9 Å². The van der Waals surface area contributed by atoms with E-state index in [1.807, 2.05) is 31.2 Å². The summed E-state index contributed by atoms with van der Waals surface area (Å²) in [6.45, 7) is 2.33. The number of carbonyl (C=O) groups excluding carboxylic acids is 4. The quantitative estimate of drug-likeness (QED) is 0.255. The van der Waals surface area contributed by atoms with Gasteiger partial charge in [-0.3, -0.25) is 24.1 Å². The van der Waals surface area contributed by atoms with E-state index in [-0.39, 0.29) is 47.7 Å². The van der Waals surface area contributed by atoms with Crippen LogP contribution in [0.5, 0.6) is 5.75 Å². The third-order valence-electron chi connectivity index (χ3n) is 9.84.